The SMILES string of the molecule is NCCCN(CC(=O)NC(=O)NC1CCCCC1)Cc1ccccc1. The van der Waals surface area contributed by atoms with Crippen LogP contribution in [0.2, 0.25) is 0 Å². The average Bonchev–Trinajstić information content (AvgIpc) is 2.61. The quantitative estimate of drug-likeness (QED) is 0.672. The van der Waals surface area contributed by atoms with Gasteiger partial charge in [-0.1, -0.05) is 49.6 Å². The van der Waals surface area contributed by atoms with Crippen molar-refractivity contribution in [2.24, 2.45) is 5.73 Å². The number of nitrogens with one attached hydrogen (secondary N) is 2. The summed E-state index contributed by atoms with van der Waals surface area (Å²) in [5.74, 6) is -0.277. The molecule has 1 saturated carbocycles. The zero-order valence-corrected chi connectivity index (χ0v) is 14.9. The van der Waals surface area contributed by atoms with Crippen molar-refractivity contribution in [2.75, 3.05) is 19.6 Å². The molecule has 1 fully saturated rings. The van der Waals surface area contributed by atoms with E-state index in [2.05, 4.69) is 10.6 Å². The number of hydrogen-bond acceptors (Lipinski definition) is 4. The number of urea groups is 1. The van der Waals surface area contributed by atoms with E-state index in [4.69, 9.17) is 5.73 Å². The topological polar surface area (TPSA) is 87.5 Å². The van der Waals surface area contributed by atoms with Crippen LogP contribution >= 0.6 is 0 Å². The molecule has 0 heterocycles. The Morgan fingerprint density at radius 3 is 2.52 bits per heavy atom. The van der Waals surface area contributed by atoms with Gasteiger partial charge < -0.3 is 11.1 Å². The highest BCUT2D eigenvalue weighted by molar-refractivity contribution is 5.95. The number of imide groups is 1. The minimum atomic E-state index is -0.379. The summed E-state index contributed by atoms with van der Waals surface area (Å²) in [6, 6.07) is 9.81. The van der Waals surface area contributed by atoms with Gasteiger partial charge in [0.1, 0.15) is 0 Å². The van der Waals surface area contributed by atoms with Crippen molar-refractivity contribution < 1.29 is 9.59 Å². The number of amides is 3. The number of nitrogens with two attached hydrogens (primary N) is 1. The highest BCUT2D eigenvalue weighted by atomic mass is 16.2. The van der Waals surface area contributed by atoms with E-state index < -0.39 is 0 Å². The summed E-state index contributed by atoms with van der Waals surface area (Å²) in [5, 5.41) is 5.36. The molecule has 3 amide bonds. The maximum absolute atomic E-state index is 12.2. The number of nitrogens with zero attached hydrogens (tertiary/aromatic N) is 1. The summed E-state index contributed by atoms with van der Waals surface area (Å²) in [6.45, 7) is 2.16. The van der Waals surface area contributed by atoms with E-state index in [9.17, 15) is 9.59 Å². The second-order valence-corrected chi connectivity index (χ2v) is 6.70. The van der Waals surface area contributed by atoms with Crippen molar-refractivity contribution >= 4 is 11.9 Å². The molecule has 2 rings (SSSR count). The second kappa shape index (κ2) is 10.8. The predicted molar refractivity (Wildman–Crippen MR) is 98.9 cm³/mol. The summed E-state index contributed by atoms with van der Waals surface area (Å²) in [5.41, 5.74) is 6.73. The summed E-state index contributed by atoms with van der Waals surface area (Å²) in [7, 11) is 0. The zero-order valence-electron chi connectivity index (χ0n) is 14.9. The van der Waals surface area contributed by atoms with E-state index >= 15 is 0 Å². The first-order valence-electron chi connectivity index (χ1n) is 9.24. The van der Waals surface area contributed by atoms with Gasteiger partial charge in [-0.2, -0.15) is 0 Å². The molecule has 0 atom stereocenters. The first kappa shape index (κ1) is 19.4. The smallest absolute Gasteiger partial charge is 0.321 e. The van der Waals surface area contributed by atoms with Gasteiger partial charge in [0.2, 0.25) is 5.91 Å². The highest BCUT2D eigenvalue weighted by Gasteiger charge is 2.18. The number of benzene rings is 1. The minimum Gasteiger partial charge on any atom is -0.335 e. The van der Waals surface area contributed by atoms with E-state index in [0.29, 0.717) is 13.1 Å². The highest BCUT2D eigenvalue weighted by Crippen LogP contribution is 2.17. The average molecular weight is 346 g/mol. The predicted octanol–water partition coefficient (Wildman–Crippen LogP) is 2.00. The molecule has 0 aromatic heterocycles. The molecule has 138 valence electrons. The molecule has 0 radical (unpaired) electrons. The molecule has 6 heteroatoms. The Balaban J connectivity index is 1.79. The van der Waals surface area contributed by atoms with Crippen LogP contribution in [0.1, 0.15) is 44.1 Å². The fraction of sp³-hybridized carbons (Fsp3) is 0.579. The molecule has 1 aromatic carbocycles. The number of hydrogen-bond donors (Lipinski definition) is 3. The first-order valence-corrected chi connectivity index (χ1v) is 9.24. The van der Waals surface area contributed by atoms with Crippen molar-refractivity contribution in [2.45, 2.75) is 51.1 Å². The van der Waals surface area contributed by atoms with Crippen molar-refractivity contribution in [3.05, 3.63) is 35.9 Å². The fourth-order valence-corrected chi connectivity index (χ4v) is 3.21. The summed E-state index contributed by atoms with van der Waals surface area (Å²) in [6.07, 6.45) is 6.32. The van der Waals surface area contributed by atoms with Crippen LogP contribution < -0.4 is 16.4 Å². The minimum absolute atomic E-state index is 0.187. The lowest BCUT2D eigenvalue weighted by Gasteiger charge is -2.24. The van der Waals surface area contributed by atoms with Crippen LogP contribution in [0.15, 0.2) is 30.3 Å². The lowest BCUT2D eigenvalue weighted by molar-refractivity contribution is -0.121. The molecule has 0 aliphatic heterocycles. The fourth-order valence-electron chi connectivity index (χ4n) is 3.21. The standard InChI is InChI=1S/C19H30N4O2/c20-12-7-13-23(14-16-8-3-1-4-9-16)15-18(24)22-19(25)21-17-10-5-2-6-11-17/h1,3-4,8-9,17H,2,5-7,10-15,20H2,(H2,21,22,24,25). The number of rotatable bonds is 8. The largest absolute Gasteiger partial charge is 0.335 e. The van der Waals surface area contributed by atoms with Crippen LogP contribution in [-0.4, -0.2) is 42.5 Å². The Bertz CT molecular complexity index is 529. The van der Waals surface area contributed by atoms with E-state index in [0.717, 1.165) is 44.2 Å². The molecule has 0 bridgehead atoms. The van der Waals surface area contributed by atoms with Crippen molar-refractivity contribution in [1.29, 1.82) is 0 Å². The summed E-state index contributed by atoms with van der Waals surface area (Å²) >= 11 is 0. The molecule has 0 unspecified atom stereocenters. The lowest BCUT2D eigenvalue weighted by atomic mass is 9.96. The molecule has 1 aliphatic carbocycles. The lowest BCUT2D eigenvalue weighted by Crippen LogP contribution is -2.48. The van der Waals surface area contributed by atoms with Crippen molar-refractivity contribution in [3.63, 3.8) is 0 Å². The Morgan fingerprint density at radius 1 is 1.12 bits per heavy atom. The Hall–Kier alpha value is -1.92. The summed E-state index contributed by atoms with van der Waals surface area (Å²) < 4.78 is 0. The van der Waals surface area contributed by atoms with Crippen LogP contribution in [0.25, 0.3) is 0 Å². The number of carbonyl (C=O) groups excluding carboxylic acids is 2. The van der Waals surface area contributed by atoms with Crippen LogP contribution in [0.5, 0.6) is 0 Å². The van der Waals surface area contributed by atoms with Gasteiger partial charge >= 0.3 is 6.03 Å². The van der Waals surface area contributed by atoms with Crippen LogP contribution in [0.4, 0.5) is 4.79 Å². The first-order chi connectivity index (χ1) is 12.2. The van der Waals surface area contributed by atoms with E-state index in [1.807, 2.05) is 35.2 Å². The van der Waals surface area contributed by atoms with Gasteiger partial charge in [-0.3, -0.25) is 15.0 Å². The van der Waals surface area contributed by atoms with Crippen molar-refractivity contribution in [1.82, 2.24) is 15.5 Å². The normalized spacial score (nSPS) is 15.1. The molecule has 1 aromatic rings. The Morgan fingerprint density at radius 2 is 1.84 bits per heavy atom. The van der Waals surface area contributed by atoms with E-state index in [1.165, 1.54) is 6.42 Å². The molecule has 6 nitrogen and oxygen atoms in total. The molecule has 0 spiro atoms. The maximum Gasteiger partial charge on any atom is 0.321 e. The second-order valence-electron chi connectivity index (χ2n) is 6.70. The van der Waals surface area contributed by atoms with Gasteiger partial charge in [0.05, 0.1) is 6.54 Å². The van der Waals surface area contributed by atoms with Crippen LogP contribution in [0, 0.1) is 0 Å². The van der Waals surface area contributed by atoms with Gasteiger partial charge in [0, 0.05) is 19.1 Å². The third-order valence-electron chi connectivity index (χ3n) is 4.49. The Labute approximate surface area is 150 Å². The van der Waals surface area contributed by atoms with E-state index in [1.54, 1.807) is 0 Å². The van der Waals surface area contributed by atoms with Gasteiger partial charge in [0.25, 0.3) is 0 Å². The van der Waals surface area contributed by atoms with Crippen LogP contribution in [0.3, 0.4) is 0 Å². The summed E-state index contributed by atoms with van der Waals surface area (Å²) in [4.78, 5) is 26.2. The molecule has 1 aliphatic rings. The molecule has 4 N–H and O–H groups in total. The molecular formula is C19H30N4O2. The monoisotopic (exact) mass is 346 g/mol. The van der Waals surface area contributed by atoms with Gasteiger partial charge in [0.15, 0.2) is 0 Å². The Kier molecular flexibility index (Phi) is 8.42. The van der Waals surface area contributed by atoms with Gasteiger partial charge in [-0.15, -0.1) is 0 Å². The van der Waals surface area contributed by atoms with Crippen LogP contribution in [-0.2, 0) is 11.3 Å². The number of carbonyl (C=O) groups is 2. The van der Waals surface area contributed by atoms with Gasteiger partial charge in [-0.25, -0.2) is 4.79 Å². The maximum atomic E-state index is 12.2. The molecule has 25 heavy (non-hydrogen) atoms. The third-order valence-corrected chi connectivity index (χ3v) is 4.49. The van der Waals surface area contributed by atoms with Crippen molar-refractivity contribution in [3.8, 4) is 0 Å². The third kappa shape index (κ3) is 7.67. The molecular weight excluding hydrogens is 316 g/mol. The van der Waals surface area contributed by atoms with Gasteiger partial charge in [-0.05, 0) is 31.4 Å². The zero-order chi connectivity index (χ0) is 17.9. The molecule has 0 saturated heterocycles. The van der Waals surface area contributed by atoms with E-state index in [-0.39, 0.29) is 24.5 Å².